The molecule has 1 aromatic rings. The van der Waals surface area contributed by atoms with E-state index in [9.17, 15) is 22.8 Å². The smallest absolute Gasteiger partial charge is 0.434 e. The van der Waals surface area contributed by atoms with E-state index in [0.29, 0.717) is 12.6 Å². The summed E-state index contributed by atoms with van der Waals surface area (Å²) in [7, 11) is 0. The van der Waals surface area contributed by atoms with Gasteiger partial charge in [-0.3, -0.25) is 15.2 Å². The van der Waals surface area contributed by atoms with Crippen molar-refractivity contribution in [1.29, 1.82) is 0 Å². The summed E-state index contributed by atoms with van der Waals surface area (Å²) >= 11 is 0. The second-order valence-electron chi connectivity index (χ2n) is 9.29. The van der Waals surface area contributed by atoms with Crippen molar-refractivity contribution in [3.8, 4) is 0 Å². The zero-order chi connectivity index (χ0) is 23.5. The monoisotopic (exact) mass is 458 g/mol. The molecule has 1 aromatic heterocycles. The Bertz CT molecular complexity index is 812. The number of rotatable bonds is 5. The minimum atomic E-state index is -4.57. The predicted molar refractivity (Wildman–Crippen MR) is 108 cm³/mol. The van der Waals surface area contributed by atoms with E-state index in [1.165, 1.54) is 0 Å². The Morgan fingerprint density at radius 2 is 1.88 bits per heavy atom. The minimum Gasteiger partial charge on any atom is -0.446 e. The van der Waals surface area contributed by atoms with E-state index in [0.717, 1.165) is 25.5 Å². The molecule has 1 aliphatic heterocycles. The van der Waals surface area contributed by atoms with Crippen LogP contribution in [-0.2, 0) is 22.1 Å². The number of carbonyl (C=O) groups is 2. The lowest BCUT2D eigenvalue weighted by atomic mass is 9.96. The second kappa shape index (κ2) is 9.57. The fourth-order valence-electron chi connectivity index (χ4n) is 3.92. The molecule has 3 rings (SSSR count). The fraction of sp³-hybridized carbons (Fsp3) is 0.700. The van der Waals surface area contributed by atoms with E-state index in [2.05, 4.69) is 31.5 Å². The molecule has 1 saturated heterocycles. The maximum Gasteiger partial charge on any atom is 0.434 e. The van der Waals surface area contributed by atoms with Gasteiger partial charge in [-0.15, -0.1) is 0 Å². The van der Waals surface area contributed by atoms with E-state index >= 15 is 0 Å². The number of hydrogen-bond donors (Lipinski definition) is 4. The highest BCUT2D eigenvalue weighted by atomic mass is 19.4. The molecule has 2 fully saturated rings. The molecular formula is C20H29F3N6O3. The van der Waals surface area contributed by atoms with Crippen LogP contribution in [0, 0.1) is 5.92 Å². The molecule has 0 radical (unpaired) electrons. The van der Waals surface area contributed by atoms with Gasteiger partial charge in [0.15, 0.2) is 5.69 Å². The molecule has 4 atom stereocenters. The van der Waals surface area contributed by atoms with Crippen LogP contribution in [0.3, 0.4) is 0 Å². The first kappa shape index (κ1) is 24.2. The van der Waals surface area contributed by atoms with E-state index in [4.69, 9.17) is 4.74 Å². The van der Waals surface area contributed by atoms with Gasteiger partial charge in [0.25, 0.3) is 0 Å². The molecule has 2 heterocycles. The average Bonchev–Trinajstić information content (AvgIpc) is 3.29. The number of nitrogens with zero attached hydrogens (tertiary/aromatic N) is 2. The Morgan fingerprint density at radius 1 is 1.12 bits per heavy atom. The van der Waals surface area contributed by atoms with Crippen LogP contribution < -0.4 is 21.5 Å². The summed E-state index contributed by atoms with van der Waals surface area (Å²) in [4.78, 5) is 31.2. The summed E-state index contributed by atoms with van der Waals surface area (Å²) in [6, 6.07) is 0.102. The molecule has 4 N–H and O–H groups in total. The molecule has 2 amide bonds. The SMILES string of the molecule is CC(C)(C)NC(=O)O[C@@H]1CC[C@H](C2CC(NC(=O)Cc3cnc(C(F)(F)F)cn3)NN2)C1. The normalized spacial score (nSPS) is 26.1. The zero-order valence-electron chi connectivity index (χ0n) is 18.3. The summed E-state index contributed by atoms with van der Waals surface area (Å²) in [6.45, 7) is 5.66. The van der Waals surface area contributed by atoms with Gasteiger partial charge < -0.3 is 15.4 Å². The van der Waals surface area contributed by atoms with Crippen molar-refractivity contribution in [2.45, 2.75) is 82.9 Å². The first-order valence-corrected chi connectivity index (χ1v) is 10.6. The number of alkyl halides is 3. The van der Waals surface area contributed by atoms with Crippen LogP contribution in [-0.4, -0.2) is 45.8 Å². The van der Waals surface area contributed by atoms with Crippen molar-refractivity contribution in [1.82, 2.24) is 31.5 Å². The van der Waals surface area contributed by atoms with Crippen LogP contribution in [0.25, 0.3) is 0 Å². The van der Waals surface area contributed by atoms with Gasteiger partial charge >= 0.3 is 12.3 Å². The van der Waals surface area contributed by atoms with Crippen LogP contribution >= 0.6 is 0 Å². The Kier molecular flexibility index (Phi) is 7.23. The molecule has 0 spiro atoms. The lowest BCUT2D eigenvalue weighted by Crippen LogP contribution is -2.45. The van der Waals surface area contributed by atoms with Crippen molar-refractivity contribution in [3.63, 3.8) is 0 Å². The number of ether oxygens (including phenoxy) is 1. The third-order valence-electron chi connectivity index (χ3n) is 5.35. The Labute approximate surface area is 184 Å². The van der Waals surface area contributed by atoms with Gasteiger partial charge in [-0.05, 0) is 52.4 Å². The highest BCUT2D eigenvalue weighted by Gasteiger charge is 2.37. The molecule has 9 nitrogen and oxygen atoms in total. The lowest BCUT2D eigenvalue weighted by molar-refractivity contribution is -0.141. The molecule has 12 heteroatoms. The molecule has 178 valence electrons. The Balaban J connectivity index is 1.41. The van der Waals surface area contributed by atoms with E-state index in [1.54, 1.807) is 0 Å². The van der Waals surface area contributed by atoms with Gasteiger partial charge in [0.05, 0.1) is 24.5 Å². The molecule has 0 bridgehead atoms. The summed E-state index contributed by atoms with van der Waals surface area (Å²) in [5.74, 6) is -0.0805. The van der Waals surface area contributed by atoms with Crippen LogP contribution in [0.5, 0.6) is 0 Å². The quantitative estimate of drug-likeness (QED) is 0.533. The number of carbonyl (C=O) groups excluding carboxylic acids is 2. The number of halogens is 3. The van der Waals surface area contributed by atoms with E-state index in [1.807, 2.05) is 20.8 Å². The van der Waals surface area contributed by atoms with Crippen molar-refractivity contribution >= 4 is 12.0 Å². The number of alkyl carbamates (subject to hydrolysis) is 1. The van der Waals surface area contributed by atoms with Gasteiger partial charge in [-0.2, -0.15) is 13.2 Å². The van der Waals surface area contributed by atoms with Crippen LogP contribution in [0.2, 0.25) is 0 Å². The van der Waals surface area contributed by atoms with Crippen LogP contribution in [0.1, 0.15) is 57.8 Å². The fourth-order valence-corrected chi connectivity index (χ4v) is 3.92. The minimum absolute atomic E-state index is 0.102. The van der Waals surface area contributed by atoms with Crippen LogP contribution in [0.4, 0.5) is 18.0 Å². The zero-order valence-corrected chi connectivity index (χ0v) is 18.3. The molecule has 0 aromatic carbocycles. The van der Waals surface area contributed by atoms with Gasteiger partial charge in [0.1, 0.15) is 6.10 Å². The maximum absolute atomic E-state index is 12.5. The Hall–Kier alpha value is -2.47. The lowest BCUT2D eigenvalue weighted by Gasteiger charge is -2.22. The number of amides is 2. The van der Waals surface area contributed by atoms with Gasteiger partial charge in [0, 0.05) is 17.8 Å². The molecule has 32 heavy (non-hydrogen) atoms. The van der Waals surface area contributed by atoms with Crippen LogP contribution in [0.15, 0.2) is 12.4 Å². The number of hydrogen-bond acceptors (Lipinski definition) is 7. The van der Waals surface area contributed by atoms with Crippen molar-refractivity contribution in [2.75, 3.05) is 0 Å². The summed E-state index contributed by atoms with van der Waals surface area (Å²) < 4.78 is 43.1. The largest absolute Gasteiger partial charge is 0.446 e. The Morgan fingerprint density at radius 3 is 2.50 bits per heavy atom. The summed E-state index contributed by atoms with van der Waals surface area (Å²) in [5.41, 5.74) is 4.91. The average molecular weight is 458 g/mol. The molecule has 1 aliphatic carbocycles. The molecular weight excluding hydrogens is 429 g/mol. The number of aromatic nitrogens is 2. The predicted octanol–water partition coefficient (Wildman–Crippen LogP) is 2.04. The van der Waals surface area contributed by atoms with Gasteiger partial charge in [0.2, 0.25) is 5.91 Å². The highest BCUT2D eigenvalue weighted by Crippen LogP contribution is 2.33. The number of nitrogens with one attached hydrogen (secondary N) is 4. The first-order valence-electron chi connectivity index (χ1n) is 10.6. The van der Waals surface area contributed by atoms with Crippen molar-refractivity contribution < 1.29 is 27.5 Å². The maximum atomic E-state index is 12.5. The summed E-state index contributed by atoms with van der Waals surface area (Å²) in [6.07, 6.45) is -0.992. The molecule has 1 saturated carbocycles. The third kappa shape index (κ3) is 7.02. The molecule has 2 unspecified atom stereocenters. The third-order valence-corrected chi connectivity index (χ3v) is 5.35. The van der Waals surface area contributed by atoms with Crippen molar-refractivity contribution in [2.24, 2.45) is 5.92 Å². The first-order chi connectivity index (χ1) is 14.9. The van der Waals surface area contributed by atoms with E-state index in [-0.39, 0.29) is 47.8 Å². The topological polar surface area (TPSA) is 117 Å². The highest BCUT2D eigenvalue weighted by molar-refractivity contribution is 5.78. The van der Waals surface area contributed by atoms with Gasteiger partial charge in [-0.25, -0.2) is 15.2 Å². The standard InChI is InChI=1S/C20H29F3N6O3/c1-19(2,3)27-18(31)32-13-5-4-11(6-13)14-8-16(29-28-14)26-17(30)7-12-9-25-15(10-24-12)20(21,22)23/h9-11,13-14,16,28-29H,4-8H2,1-3H3,(H,26,30)(H,27,31)/t11-,13+,14?,16?/m0/s1. The summed E-state index contributed by atoms with van der Waals surface area (Å²) in [5, 5.41) is 5.58. The second-order valence-corrected chi connectivity index (χ2v) is 9.29. The molecule has 2 aliphatic rings. The van der Waals surface area contributed by atoms with E-state index < -0.39 is 18.0 Å². The van der Waals surface area contributed by atoms with Crippen molar-refractivity contribution in [3.05, 3.63) is 23.8 Å². The number of hydrazine groups is 1. The van der Waals surface area contributed by atoms with Gasteiger partial charge in [-0.1, -0.05) is 0 Å².